The minimum atomic E-state index is 0.0739. The van der Waals surface area contributed by atoms with E-state index in [0.29, 0.717) is 5.41 Å². The first-order valence-corrected chi connectivity index (χ1v) is 7.23. The molecule has 3 heteroatoms. The molecule has 17 heavy (non-hydrogen) atoms. The maximum absolute atomic E-state index is 5.99. The van der Waals surface area contributed by atoms with E-state index in [1.54, 1.807) is 0 Å². The lowest BCUT2D eigenvalue weighted by Crippen LogP contribution is -2.46. The van der Waals surface area contributed by atoms with Gasteiger partial charge in [-0.15, -0.1) is 0 Å². The van der Waals surface area contributed by atoms with Crippen molar-refractivity contribution in [1.82, 2.24) is 5.32 Å². The molecule has 1 heterocycles. The van der Waals surface area contributed by atoms with E-state index in [0.717, 1.165) is 26.2 Å². The molecule has 0 aromatic carbocycles. The van der Waals surface area contributed by atoms with Gasteiger partial charge in [-0.3, -0.25) is 0 Å². The Morgan fingerprint density at radius 3 is 2.41 bits per heavy atom. The summed E-state index contributed by atoms with van der Waals surface area (Å²) in [6.07, 6.45) is 9.10. The fraction of sp³-hybridized carbons (Fsp3) is 1.00. The number of ether oxygens (including phenoxy) is 1. The lowest BCUT2D eigenvalue weighted by atomic mass is 9.74. The van der Waals surface area contributed by atoms with E-state index in [9.17, 15) is 0 Å². The molecule has 1 atom stereocenters. The molecule has 0 bridgehead atoms. The zero-order valence-corrected chi connectivity index (χ0v) is 11.3. The summed E-state index contributed by atoms with van der Waals surface area (Å²) in [6, 6.07) is 0. The molecule has 0 spiro atoms. The van der Waals surface area contributed by atoms with Gasteiger partial charge >= 0.3 is 0 Å². The quantitative estimate of drug-likeness (QED) is 0.773. The van der Waals surface area contributed by atoms with Gasteiger partial charge in [-0.05, 0) is 44.6 Å². The first kappa shape index (κ1) is 13.3. The van der Waals surface area contributed by atoms with Crippen LogP contribution in [0.1, 0.15) is 51.9 Å². The summed E-state index contributed by atoms with van der Waals surface area (Å²) in [5.41, 5.74) is 6.44. The highest BCUT2D eigenvalue weighted by molar-refractivity contribution is 4.88. The number of nitrogens with two attached hydrogens (primary N) is 1. The molecule has 2 rings (SSSR count). The molecule has 0 aromatic rings. The average Bonchev–Trinajstić information content (AvgIpc) is 2.77. The smallest absolute Gasteiger partial charge is 0.0779 e. The Morgan fingerprint density at radius 1 is 1.06 bits per heavy atom. The Hall–Kier alpha value is -0.120. The minimum absolute atomic E-state index is 0.0739. The molecule has 0 aromatic heterocycles. The van der Waals surface area contributed by atoms with Gasteiger partial charge in [0.25, 0.3) is 0 Å². The van der Waals surface area contributed by atoms with Crippen LogP contribution in [0.15, 0.2) is 0 Å². The number of rotatable bonds is 5. The third-order valence-electron chi connectivity index (χ3n) is 4.65. The normalized spacial score (nSPS) is 32.8. The van der Waals surface area contributed by atoms with Crippen molar-refractivity contribution in [3.05, 3.63) is 0 Å². The standard InChI is InChI=1S/C14H28N2O/c1-13(6-5-9-17-13)11-16-12-14(10-15)7-3-2-4-8-14/h16H,2-12,15H2,1H3. The molecule has 3 N–H and O–H groups in total. The lowest BCUT2D eigenvalue weighted by molar-refractivity contribution is 0.0178. The van der Waals surface area contributed by atoms with E-state index < -0.39 is 0 Å². The Balaban J connectivity index is 1.75. The van der Waals surface area contributed by atoms with E-state index >= 15 is 0 Å². The molecule has 0 radical (unpaired) electrons. The second kappa shape index (κ2) is 5.68. The zero-order chi connectivity index (χ0) is 12.2. The van der Waals surface area contributed by atoms with Crippen LogP contribution in [-0.2, 0) is 4.74 Å². The molecular weight excluding hydrogens is 212 g/mol. The van der Waals surface area contributed by atoms with Crippen LogP contribution in [0.3, 0.4) is 0 Å². The third kappa shape index (κ3) is 3.43. The predicted molar refractivity (Wildman–Crippen MR) is 71.0 cm³/mol. The average molecular weight is 240 g/mol. The van der Waals surface area contributed by atoms with Gasteiger partial charge in [-0.1, -0.05) is 19.3 Å². The van der Waals surface area contributed by atoms with Crippen LogP contribution in [0.25, 0.3) is 0 Å². The summed E-state index contributed by atoms with van der Waals surface area (Å²) >= 11 is 0. The highest BCUT2D eigenvalue weighted by Crippen LogP contribution is 2.35. The minimum Gasteiger partial charge on any atom is -0.374 e. The Labute approximate surface area is 105 Å². The first-order chi connectivity index (χ1) is 8.18. The molecule has 1 saturated heterocycles. The van der Waals surface area contributed by atoms with Gasteiger partial charge in [0, 0.05) is 19.7 Å². The van der Waals surface area contributed by atoms with E-state index in [1.807, 2.05) is 0 Å². The number of nitrogens with one attached hydrogen (secondary N) is 1. The van der Waals surface area contributed by atoms with Gasteiger partial charge in [-0.2, -0.15) is 0 Å². The van der Waals surface area contributed by atoms with E-state index in [2.05, 4.69) is 12.2 Å². The van der Waals surface area contributed by atoms with Crippen molar-refractivity contribution in [2.24, 2.45) is 11.1 Å². The molecule has 1 aliphatic heterocycles. The monoisotopic (exact) mass is 240 g/mol. The maximum Gasteiger partial charge on any atom is 0.0779 e. The van der Waals surface area contributed by atoms with Crippen LogP contribution in [0.4, 0.5) is 0 Å². The van der Waals surface area contributed by atoms with Crippen LogP contribution in [0.5, 0.6) is 0 Å². The molecule has 100 valence electrons. The van der Waals surface area contributed by atoms with Crippen molar-refractivity contribution in [2.45, 2.75) is 57.5 Å². The van der Waals surface area contributed by atoms with Gasteiger partial charge in [0.1, 0.15) is 0 Å². The number of hydrogen-bond donors (Lipinski definition) is 2. The van der Waals surface area contributed by atoms with Crippen molar-refractivity contribution in [1.29, 1.82) is 0 Å². The molecule has 0 amide bonds. The highest BCUT2D eigenvalue weighted by atomic mass is 16.5. The zero-order valence-electron chi connectivity index (χ0n) is 11.3. The summed E-state index contributed by atoms with van der Waals surface area (Å²) in [7, 11) is 0. The van der Waals surface area contributed by atoms with Gasteiger partial charge < -0.3 is 15.8 Å². The Morgan fingerprint density at radius 2 is 1.82 bits per heavy atom. The van der Waals surface area contributed by atoms with E-state index in [4.69, 9.17) is 10.5 Å². The van der Waals surface area contributed by atoms with Gasteiger partial charge in [-0.25, -0.2) is 0 Å². The van der Waals surface area contributed by atoms with Crippen LogP contribution >= 0.6 is 0 Å². The molecule has 3 nitrogen and oxygen atoms in total. The molecule has 1 aliphatic carbocycles. The maximum atomic E-state index is 5.99. The SMILES string of the molecule is CC1(CNCC2(CN)CCCCC2)CCCO1. The Bertz CT molecular complexity index is 230. The Kier molecular flexibility index (Phi) is 4.45. The first-order valence-electron chi connectivity index (χ1n) is 7.23. The predicted octanol–water partition coefficient (Wildman–Crippen LogP) is 2.05. The van der Waals surface area contributed by atoms with E-state index in [-0.39, 0.29) is 5.60 Å². The summed E-state index contributed by atoms with van der Waals surface area (Å²) in [5, 5.41) is 3.62. The number of hydrogen-bond acceptors (Lipinski definition) is 3. The van der Waals surface area contributed by atoms with Crippen LogP contribution in [0.2, 0.25) is 0 Å². The van der Waals surface area contributed by atoms with Crippen molar-refractivity contribution in [3.63, 3.8) is 0 Å². The summed E-state index contributed by atoms with van der Waals surface area (Å²) in [4.78, 5) is 0. The van der Waals surface area contributed by atoms with Crippen LogP contribution in [-0.4, -0.2) is 31.8 Å². The molecule has 2 aliphatic rings. The third-order valence-corrected chi connectivity index (χ3v) is 4.65. The highest BCUT2D eigenvalue weighted by Gasteiger charge is 2.33. The fourth-order valence-electron chi connectivity index (χ4n) is 3.32. The molecule has 2 fully saturated rings. The second-order valence-electron chi connectivity index (χ2n) is 6.27. The fourth-order valence-corrected chi connectivity index (χ4v) is 3.32. The van der Waals surface area contributed by atoms with Crippen molar-refractivity contribution in [3.8, 4) is 0 Å². The van der Waals surface area contributed by atoms with Crippen molar-refractivity contribution in [2.75, 3.05) is 26.2 Å². The van der Waals surface area contributed by atoms with Gasteiger partial charge in [0.05, 0.1) is 5.60 Å². The molecule has 1 unspecified atom stereocenters. The summed E-state index contributed by atoms with van der Waals surface area (Å²) < 4.78 is 5.80. The topological polar surface area (TPSA) is 47.3 Å². The lowest BCUT2D eigenvalue weighted by Gasteiger charge is -2.37. The molecule has 1 saturated carbocycles. The second-order valence-corrected chi connectivity index (χ2v) is 6.27. The van der Waals surface area contributed by atoms with Gasteiger partial charge in [0.2, 0.25) is 0 Å². The summed E-state index contributed by atoms with van der Waals surface area (Å²) in [6.45, 7) is 6.04. The van der Waals surface area contributed by atoms with E-state index in [1.165, 1.54) is 44.9 Å². The summed E-state index contributed by atoms with van der Waals surface area (Å²) in [5.74, 6) is 0. The van der Waals surface area contributed by atoms with Gasteiger partial charge in [0.15, 0.2) is 0 Å². The van der Waals surface area contributed by atoms with Crippen molar-refractivity contribution >= 4 is 0 Å². The van der Waals surface area contributed by atoms with Crippen LogP contribution < -0.4 is 11.1 Å². The largest absolute Gasteiger partial charge is 0.374 e. The van der Waals surface area contributed by atoms with Crippen LogP contribution in [0, 0.1) is 5.41 Å². The van der Waals surface area contributed by atoms with Crippen molar-refractivity contribution < 1.29 is 4.74 Å². The molecular formula is C14H28N2O.